The maximum absolute atomic E-state index is 13.1. The van der Waals surface area contributed by atoms with Crippen LogP contribution in [-0.2, 0) is 23.1 Å². The summed E-state index contributed by atoms with van der Waals surface area (Å²) in [7, 11) is -3.51. The molecule has 0 atom stereocenters. The van der Waals surface area contributed by atoms with Gasteiger partial charge in [0.2, 0.25) is 15.9 Å². The summed E-state index contributed by atoms with van der Waals surface area (Å²) in [6.45, 7) is 8.26. The molecule has 172 valence electrons. The van der Waals surface area contributed by atoms with Crippen LogP contribution in [0.2, 0.25) is 0 Å². The van der Waals surface area contributed by atoms with Gasteiger partial charge in [-0.05, 0) is 45.2 Å². The van der Waals surface area contributed by atoms with E-state index in [2.05, 4.69) is 20.6 Å². The fourth-order valence-corrected chi connectivity index (χ4v) is 5.14. The lowest BCUT2D eigenvalue weighted by atomic mass is 10.2. The molecular weight excluding hydrogens is 529 g/mol. The molecule has 1 fully saturated rings. The lowest BCUT2D eigenvalue weighted by Gasteiger charge is -2.26. The van der Waals surface area contributed by atoms with Crippen molar-refractivity contribution in [1.82, 2.24) is 19.9 Å². The van der Waals surface area contributed by atoms with E-state index in [1.165, 1.54) is 0 Å². The molecule has 1 aromatic carbocycles. The summed E-state index contributed by atoms with van der Waals surface area (Å²) in [5, 5.41) is 6.37. The minimum atomic E-state index is -3.51. The van der Waals surface area contributed by atoms with Crippen molar-refractivity contribution in [1.29, 1.82) is 0 Å². The number of halogens is 1. The number of aliphatic imine (C=N–C) groups is 1. The monoisotopic (exact) mass is 561 g/mol. The first-order valence-corrected chi connectivity index (χ1v) is 11.9. The summed E-state index contributed by atoms with van der Waals surface area (Å²) in [4.78, 5) is 9.29. The third-order valence-electron chi connectivity index (χ3n) is 5.14. The van der Waals surface area contributed by atoms with Crippen LogP contribution < -0.4 is 10.6 Å². The van der Waals surface area contributed by atoms with Crippen LogP contribution in [0.1, 0.15) is 49.1 Å². The standard InChI is InChI=1S/C21H31N5O3S.HI/c1-4-22-21(24-15-20-25-16(2)17(3)29-20)23-14-18-10-6-7-11-19(18)30(27,28)26-12-8-5-9-13-26;/h6-7,10-11H,4-5,8-9,12-15H2,1-3H3,(H2,22,23,24);1H. The first-order valence-electron chi connectivity index (χ1n) is 10.4. The maximum atomic E-state index is 13.1. The number of benzene rings is 1. The average molecular weight is 561 g/mol. The minimum absolute atomic E-state index is 0. The molecule has 0 bridgehead atoms. The third kappa shape index (κ3) is 6.66. The molecule has 0 unspecified atom stereocenters. The van der Waals surface area contributed by atoms with Crippen LogP contribution in [0, 0.1) is 13.8 Å². The Hall–Kier alpha value is -1.66. The highest BCUT2D eigenvalue weighted by molar-refractivity contribution is 14.0. The van der Waals surface area contributed by atoms with E-state index in [0.717, 1.165) is 30.7 Å². The Balaban J connectivity index is 0.00000341. The normalized spacial score (nSPS) is 15.4. The Morgan fingerprint density at radius 2 is 1.87 bits per heavy atom. The van der Waals surface area contributed by atoms with Gasteiger partial charge in [0.25, 0.3) is 0 Å². The van der Waals surface area contributed by atoms with Gasteiger partial charge in [-0.3, -0.25) is 0 Å². The Morgan fingerprint density at radius 1 is 1.16 bits per heavy atom. The van der Waals surface area contributed by atoms with Crippen LogP contribution in [0.4, 0.5) is 0 Å². The predicted molar refractivity (Wildman–Crippen MR) is 132 cm³/mol. The van der Waals surface area contributed by atoms with Crippen LogP contribution >= 0.6 is 24.0 Å². The van der Waals surface area contributed by atoms with E-state index in [1.54, 1.807) is 16.4 Å². The van der Waals surface area contributed by atoms with Crippen molar-refractivity contribution >= 4 is 40.0 Å². The van der Waals surface area contributed by atoms with Gasteiger partial charge in [-0.1, -0.05) is 24.6 Å². The lowest BCUT2D eigenvalue weighted by Crippen LogP contribution is -2.37. The number of hydrogen-bond donors (Lipinski definition) is 2. The van der Waals surface area contributed by atoms with Gasteiger partial charge in [0.15, 0.2) is 5.96 Å². The Kier molecular flexibility index (Phi) is 9.76. The summed E-state index contributed by atoms with van der Waals surface area (Å²) in [5.74, 6) is 1.96. The first-order chi connectivity index (χ1) is 14.4. The molecule has 3 rings (SSSR count). The van der Waals surface area contributed by atoms with Crippen LogP contribution in [0.5, 0.6) is 0 Å². The van der Waals surface area contributed by atoms with Crippen molar-refractivity contribution in [2.45, 2.75) is 58.0 Å². The SMILES string of the molecule is CCNC(=NCc1ccccc1S(=O)(=O)N1CCCCC1)NCc1nc(C)c(C)o1.I. The van der Waals surface area contributed by atoms with Crippen molar-refractivity contribution in [2.75, 3.05) is 19.6 Å². The van der Waals surface area contributed by atoms with Crippen LogP contribution in [0.25, 0.3) is 0 Å². The van der Waals surface area contributed by atoms with E-state index in [0.29, 0.717) is 48.5 Å². The van der Waals surface area contributed by atoms with Gasteiger partial charge in [-0.15, -0.1) is 24.0 Å². The van der Waals surface area contributed by atoms with E-state index in [-0.39, 0.29) is 30.5 Å². The lowest BCUT2D eigenvalue weighted by molar-refractivity contribution is 0.346. The van der Waals surface area contributed by atoms with Crippen molar-refractivity contribution < 1.29 is 12.8 Å². The largest absolute Gasteiger partial charge is 0.444 e. The van der Waals surface area contributed by atoms with E-state index in [1.807, 2.05) is 32.9 Å². The van der Waals surface area contributed by atoms with Gasteiger partial charge >= 0.3 is 0 Å². The van der Waals surface area contributed by atoms with Gasteiger partial charge in [0.05, 0.1) is 23.7 Å². The molecule has 0 amide bonds. The molecule has 0 saturated carbocycles. The second-order valence-electron chi connectivity index (χ2n) is 7.37. The summed E-state index contributed by atoms with van der Waals surface area (Å²) in [6, 6.07) is 7.11. The number of rotatable bonds is 7. The molecule has 10 heteroatoms. The minimum Gasteiger partial charge on any atom is -0.444 e. The zero-order valence-electron chi connectivity index (χ0n) is 18.3. The second-order valence-corrected chi connectivity index (χ2v) is 9.28. The number of guanidine groups is 1. The highest BCUT2D eigenvalue weighted by Crippen LogP contribution is 2.24. The molecule has 2 aromatic rings. The number of sulfonamides is 1. The molecule has 1 aromatic heterocycles. The third-order valence-corrected chi connectivity index (χ3v) is 7.14. The highest BCUT2D eigenvalue weighted by atomic mass is 127. The van der Waals surface area contributed by atoms with Gasteiger partial charge in [-0.25, -0.2) is 18.4 Å². The number of piperidine rings is 1. The number of oxazole rings is 1. The molecule has 2 N–H and O–H groups in total. The fourth-order valence-electron chi connectivity index (χ4n) is 3.41. The van der Waals surface area contributed by atoms with Crippen LogP contribution in [-0.4, -0.2) is 43.3 Å². The zero-order valence-corrected chi connectivity index (χ0v) is 21.5. The quantitative estimate of drug-likeness (QED) is 0.306. The maximum Gasteiger partial charge on any atom is 0.243 e. The molecule has 1 aliphatic heterocycles. The molecule has 0 radical (unpaired) electrons. The highest BCUT2D eigenvalue weighted by Gasteiger charge is 2.27. The van der Waals surface area contributed by atoms with Crippen molar-refractivity contribution in [3.8, 4) is 0 Å². The number of aryl methyl sites for hydroxylation is 2. The molecule has 2 heterocycles. The molecule has 0 aliphatic carbocycles. The fraction of sp³-hybridized carbons (Fsp3) is 0.524. The smallest absolute Gasteiger partial charge is 0.243 e. The van der Waals surface area contributed by atoms with E-state index < -0.39 is 10.0 Å². The van der Waals surface area contributed by atoms with Gasteiger partial charge in [-0.2, -0.15) is 4.31 Å². The molecule has 8 nitrogen and oxygen atoms in total. The van der Waals surface area contributed by atoms with Gasteiger partial charge in [0, 0.05) is 19.6 Å². The van der Waals surface area contributed by atoms with E-state index in [9.17, 15) is 8.42 Å². The van der Waals surface area contributed by atoms with Crippen molar-refractivity contribution in [3.63, 3.8) is 0 Å². The summed E-state index contributed by atoms with van der Waals surface area (Å²) < 4.78 is 33.5. The topological polar surface area (TPSA) is 99.8 Å². The molecule has 1 aliphatic rings. The van der Waals surface area contributed by atoms with Crippen LogP contribution in [0.15, 0.2) is 38.6 Å². The number of nitrogens with zero attached hydrogens (tertiary/aromatic N) is 3. The van der Waals surface area contributed by atoms with Crippen molar-refractivity contribution in [3.05, 3.63) is 47.2 Å². The molecule has 0 spiro atoms. The number of nitrogens with one attached hydrogen (secondary N) is 2. The zero-order chi connectivity index (χ0) is 21.6. The van der Waals surface area contributed by atoms with E-state index >= 15 is 0 Å². The predicted octanol–water partition coefficient (Wildman–Crippen LogP) is 3.34. The Bertz CT molecular complexity index is 965. The Morgan fingerprint density at radius 3 is 2.52 bits per heavy atom. The summed E-state index contributed by atoms with van der Waals surface area (Å²) >= 11 is 0. The summed E-state index contributed by atoms with van der Waals surface area (Å²) in [6.07, 6.45) is 2.90. The number of aromatic nitrogens is 1. The molecular formula is C21H32IN5O3S. The first kappa shape index (κ1) is 25.6. The van der Waals surface area contributed by atoms with Gasteiger partial charge < -0.3 is 15.1 Å². The van der Waals surface area contributed by atoms with E-state index in [4.69, 9.17) is 4.42 Å². The average Bonchev–Trinajstić information content (AvgIpc) is 3.08. The number of hydrogen-bond acceptors (Lipinski definition) is 5. The molecule has 1 saturated heterocycles. The summed E-state index contributed by atoms with van der Waals surface area (Å²) in [5.41, 5.74) is 1.55. The van der Waals surface area contributed by atoms with Gasteiger partial charge in [0.1, 0.15) is 5.76 Å². The van der Waals surface area contributed by atoms with Crippen LogP contribution in [0.3, 0.4) is 0 Å². The Labute approximate surface area is 202 Å². The second kappa shape index (κ2) is 11.8. The molecule has 31 heavy (non-hydrogen) atoms. The van der Waals surface area contributed by atoms with Crippen molar-refractivity contribution in [2.24, 2.45) is 4.99 Å².